The van der Waals surface area contributed by atoms with Crippen LogP contribution in [-0.2, 0) is 4.79 Å². The first-order chi connectivity index (χ1) is 9.16. The molecule has 1 aliphatic heterocycles. The normalized spacial score (nSPS) is 16.3. The third-order valence-electron chi connectivity index (χ3n) is 3.09. The zero-order valence-electron chi connectivity index (χ0n) is 10.6. The Kier molecular flexibility index (Phi) is 5.45. The van der Waals surface area contributed by atoms with Gasteiger partial charge >= 0.3 is 0 Å². The minimum Gasteiger partial charge on any atom is -0.324 e. The largest absolute Gasteiger partial charge is 0.324 e. The van der Waals surface area contributed by atoms with Gasteiger partial charge in [-0.25, -0.2) is 0 Å². The lowest BCUT2D eigenvalue weighted by Crippen LogP contribution is -2.44. The summed E-state index contributed by atoms with van der Waals surface area (Å²) in [6.07, 6.45) is 0.446. The SMILES string of the molecule is O=C(CCN1CCNCC1)Nc1c(Cl)cccc1Cl. The van der Waals surface area contributed by atoms with Crippen molar-refractivity contribution in [1.29, 1.82) is 0 Å². The molecule has 2 rings (SSSR count). The average molecular weight is 302 g/mol. The van der Waals surface area contributed by atoms with Gasteiger partial charge < -0.3 is 15.5 Å². The highest BCUT2D eigenvalue weighted by Crippen LogP contribution is 2.29. The molecule has 0 atom stereocenters. The van der Waals surface area contributed by atoms with Crippen molar-refractivity contribution in [3.63, 3.8) is 0 Å². The molecule has 0 bridgehead atoms. The Morgan fingerprint density at radius 1 is 1.26 bits per heavy atom. The highest BCUT2D eigenvalue weighted by Gasteiger charge is 2.13. The number of hydrogen-bond donors (Lipinski definition) is 2. The van der Waals surface area contributed by atoms with Crippen LogP contribution in [0.25, 0.3) is 0 Å². The fraction of sp³-hybridized carbons (Fsp3) is 0.462. The van der Waals surface area contributed by atoms with Crippen molar-refractivity contribution in [3.05, 3.63) is 28.2 Å². The minimum absolute atomic E-state index is 0.0615. The Hall–Kier alpha value is -0.810. The van der Waals surface area contributed by atoms with Gasteiger partial charge in [-0.15, -0.1) is 0 Å². The van der Waals surface area contributed by atoms with Crippen LogP contribution in [-0.4, -0.2) is 43.5 Å². The number of hydrogen-bond acceptors (Lipinski definition) is 3. The Balaban J connectivity index is 1.83. The maximum Gasteiger partial charge on any atom is 0.225 e. The fourth-order valence-electron chi connectivity index (χ4n) is 2.01. The molecule has 4 nitrogen and oxygen atoms in total. The molecule has 0 spiro atoms. The minimum atomic E-state index is -0.0615. The standard InChI is InChI=1S/C13H17Cl2N3O/c14-10-2-1-3-11(15)13(10)17-12(19)4-7-18-8-5-16-6-9-18/h1-3,16H,4-9H2,(H,17,19). The summed E-state index contributed by atoms with van der Waals surface area (Å²) in [5.74, 6) is -0.0615. The van der Waals surface area contributed by atoms with Gasteiger partial charge in [-0.05, 0) is 12.1 Å². The van der Waals surface area contributed by atoms with Crippen molar-refractivity contribution in [1.82, 2.24) is 10.2 Å². The van der Waals surface area contributed by atoms with Crippen LogP contribution in [0.1, 0.15) is 6.42 Å². The van der Waals surface area contributed by atoms with Crippen molar-refractivity contribution >= 4 is 34.8 Å². The Bertz CT molecular complexity index is 427. The quantitative estimate of drug-likeness (QED) is 0.896. The second kappa shape index (κ2) is 7.10. The molecule has 1 aromatic carbocycles. The number of carbonyl (C=O) groups is 1. The number of rotatable bonds is 4. The first-order valence-corrected chi connectivity index (χ1v) is 7.09. The second-order valence-electron chi connectivity index (χ2n) is 4.49. The van der Waals surface area contributed by atoms with Crippen LogP contribution in [0.15, 0.2) is 18.2 Å². The number of anilines is 1. The zero-order chi connectivity index (χ0) is 13.7. The van der Waals surface area contributed by atoms with Crippen molar-refractivity contribution in [2.75, 3.05) is 38.0 Å². The van der Waals surface area contributed by atoms with E-state index in [9.17, 15) is 4.79 Å². The third-order valence-corrected chi connectivity index (χ3v) is 3.72. The summed E-state index contributed by atoms with van der Waals surface area (Å²) >= 11 is 12.0. The lowest BCUT2D eigenvalue weighted by molar-refractivity contribution is -0.116. The molecule has 0 unspecified atom stereocenters. The van der Waals surface area contributed by atoms with E-state index in [0.29, 0.717) is 22.2 Å². The van der Waals surface area contributed by atoms with Crippen molar-refractivity contribution < 1.29 is 4.79 Å². The van der Waals surface area contributed by atoms with E-state index >= 15 is 0 Å². The van der Waals surface area contributed by atoms with Crippen LogP contribution in [0.3, 0.4) is 0 Å². The summed E-state index contributed by atoms with van der Waals surface area (Å²) in [4.78, 5) is 14.2. The van der Waals surface area contributed by atoms with Crippen molar-refractivity contribution in [2.45, 2.75) is 6.42 Å². The Labute approximate surface area is 123 Å². The number of amides is 1. The van der Waals surface area contributed by atoms with Crippen LogP contribution in [0, 0.1) is 0 Å². The summed E-state index contributed by atoms with van der Waals surface area (Å²) < 4.78 is 0. The van der Waals surface area contributed by atoms with Crippen molar-refractivity contribution in [2.24, 2.45) is 0 Å². The van der Waals surface area contributed by atoms with Gasteiger partial charge in [0.2, 0.25) is 5.91 Å². The van der Waals surface area contributed by atoms with Crippen LogP contribution < -0.4 is 10.6 Å². The maximum absolute atomic E-state index is 11.9. The van der Waals surface area contributed by atoms with E-state index in [1.807, 2.05) is 0 Å². The first kappa shape index (κ1) is 14.6. The molecule has 6 heteroatoms. The van der Waals surface area contributed by atoms with Crippen LogP contribution in [0.4, 0.5) is 5.69 Å². The maximum atomic E-state index is 11.9. The molecular weight excluding hydrogens is 285 g/mol. The molecule has 1 heterocycles. The number of carbonyl (C=O) groups excluding carboxylic acids is 1. The van der Waals surface area contributed by atoms with Gasteiger partial charge in [-0.2, -0.15) is 0 Å². The summed E-state index contributed by atoms with van der Waals surface area (Å²) in [6.45, 7) is 4.70. The Morgan fingerprint density at radius 2 is 1.89 bits per heavy atom. The number of nitrogens with one attached hydrogen (secondary N) is 2. The van der Waals surface area contributed by atoms with Gasteiger partial charge in [0.05, 0.1) is 15.7 Å². The van der Waals surface area contributed by atoms with Gasteiger partial charge in [-0.3, -0.25) is 4.79 Å². The monoisotopic (exact) mass is 301 g/mol. The van der Waals surface area contributed by atoms with Gasteiger partial charge in [-0.1, -0.05) is 29.3 Å². The molecule has 1 fully saturated rings. The summed E-state index contributed by atoms with van der Waals surface area (Å²) in [5, 5.41) is 6.98. The smallest absolute Gasteiger partial charge is 0.225 e. The van der Waals surface area contributed by atoms with Crippen molar-refractivity contribution in [3.8, 4) is 0 Å². The topological polar surface area (TPSA) is 44.4 Å². The lowest BCUT2D eigenvalue weighted by Gasteiger charge is -2.26. The molecule has 0 radical (unpaired) electrons. The molecule has 104 valence electrons. The van der Waals surface area contributed by atoms with Crippen LogP contribution in [0.5, 0.6) is 0 Å². The van der Waals surface area contributed by atoms with E-state index < -0.39 is 0 Å². The van der Waals surface area contributed by atoms with E-state index in [-0.39, 0.29) is 5.91 Å². The third kappa shape index (κ3) is 4.35. The summed E-state index contributed by atoms with van der Waals surface area (Å²) in [6, 6.07) is 5.17. The highest BCUT2D eigenvalue weighted by atomic mass is 35.5. The lowest BCUT2D eigenvalue weighted by atomic mass is 10.2. The number of nitrogens with zero attached hydrogens (tertiary/aromatic N) is 1. The van der Waals surface area contributed by atoms with Gasteiger partial charge in [0.25, 0.3) is 0 Å². The number of para-hydroxylation sites is 1. The molecular formula is C13H17Cl2N3O. The number of halogens is 2. The van der Waals surface area contributed by atoms with E-state index in [2.05, 4.69) is 15.5 Å². The van der Waals surface area contributed by atoms with E-state index in [4.69, 9.17) is 23.2 Å². The molecule has 1 aliphatic rings. The van der Waals surface area contributed by atoms with Crippen LogP contribution in [0.2, 0.25) is 10.0 Å². The molecule has 0 aliphatic carbocycles. The molecule has 0 saturated carbocycles. The Morgan fingerprint density at radius 3 is 2.53 bits per heavy atom. The number of piperazine rings is 1. The fourth-order valence-corrected chi connectivity index (χ4v) is 2.51. The molecule has 1 saturated heterocycles. The van der Waals surface area contributed by atoms with Crippen LogP contribution >= 0.6 is 23.2 Å². The summed E-state index contributed by atoms with van der Waals surface area (Å²) in [5.41, 5.74) is 0.496. The van der Waals surface area contributed by atoms with Gasteiger partial charge in [0.1, 0.15) is 0 Å². The van der Waals surface area contributed by atoms with E-state index in [0.717, 1.165) is 32.7 Å². The molecule has 2 N–H and O–H groups in total. The molecule has 19 heavy (non-hydrogen) atoms. The number of benzene rings is 1. The molecule has 1 amide bonds. The second-order valence-corrected chi connectivity index (χ2v) is 5.30. The van der Waals surface area contributed by atoms with E-state index in [1.54, 1.807) is 18.2 Å². The molecule has 1 aromatic rings. The first-order valence-electron chi connectivity index (χ1n) is 6.34. The predicted octanol–water partition coefficient (Wildman–Crippen LogP) is 2.23. The molecule has 0 aromatic heterocycles. The van der Waals surface area contributed by atoms with Gasteiger partial charge in [0.15, 0.2) is 0 Å². The van der Waals surface area contributed by atoms with E-state index in [1.165, 1.54) is 0 Å². The summed E-state index contributed by atoms with van der Waals surface area (Å²) in [7, 11) is 0. The average Bonchev–Trinajstić information content (AvgIpc) is 2.42. The van der Waals surface area contributed by atoms with Gasteiger partial charge in [0, 0.05) is 39.1 Å². The predicted molar refractivity (Wildman–Crippen MR) is 79.0 cm³/mol. The zero-order valence-corrected chi connectivity index (χ0v) is 12.1. The highest BCUT2D eigenvalue weighted by molar-refractivity contribution is 6.39.